The van der Waals surface area contributed by atoms with Crippen LogP contribution in [0.15, 0.2) is 28.9 Å². The van der Waals surface area contributed by atoms with Gasteiger partial charge in [-0.1, -0.05) is 0 Å². The Morgan fingerprint density at radius 1 is 1.14 bits per heavy atom. The zero-order chi connectivity index (χ0) is 15.1. The zero-order valence-electron chi connectivity index (χ0n) is 10.2. The van der Waals surface area contributed by atoms with Crippen molar-refractivity contribution in [2.24, 2.45) is 0 Å². The average Bonchev–Trinajstić information content (AvgIpc) is 2.75. The Morgan fingerprint density at radius 3 is 2.43 bits per heavy atom. The van der Waals surface area contributed by atoms with Crippen LogP contribution in [0.5, 0.6) is 0 Å². The van der Waals surface area contributed by atoms with Crippen molar-refractivity contribution in [2.45, 2.75) is 5.88 Å². The van der Waals surface area contributed by atoms with Gasteiger partial charge in [-0.25, -0.2) is 23.1 Å². The lowest BCUT2D eigenvalue weighted by atomic mass is 10.2. The first kappa shape index (κ1) is 14.3. The quantitative estimate of drug-likeness (QED) is 0.623. The molecule has 3 aromatic rings. The predicted octanol–water partition coefficient (Wildman–Crippen LogP) is 4.34. The number of hydrogen-bond acceptors (Lipinski definition) is 2. The summed E-state index contributed by atoms with van der Waals surface area (Å²) in [6, 6.07) is 2.84. The third-order valence-electron chi connectivity index (χ3n) is 2.86. The van der Waals surface area contributed by atoms with Gasteiger partial charge in [0.2, 0.25) is 0 Å². The normalized spacial score (nSPS) is 11.3. The lowest BCUT2D eigenvalue weighted by Gasteiger charge is -2.09. The molecule has 21 heavy (non-hydrogen) atoms. The van der Waals surface area contributed by atoms with E-state index in [2.05, 4.69) is 25.9 Å². The molecule has 0 unspecified atom stereocenters. The highest BCUT2D eigenvalue weighted by atomic mass is 79.9. The molecule has 0 spiro atoms. The topological polar surface area (TPSA) is 30.7 Å². The van der Waals surface area contributed by atoms with Gasteiger partial charge in [0.05, 0.1) is 5.88 Å². The number of aromatic nitrogens is 3. The van der Waals surface area contributed by atoms with Gasteiger partial charge < -0.3 is 0 Å². The van der Waals surface area contributed by atoms with Crippen molar-refractivity contribution in [3.8, 4) is 5.69 Å². The second-order valence-electron chi connectivity index (χ2n) is 4.21. The molecule has 0 aliphatic rings. The van der Waals surface area contributed by atoms with Crippen molar-refractivity contribution in [2.75, 3.05) is 0 Å². The van der Waals surface area contributed by atoms with Crippen LogP contribution >= 0.6 is 27.5 Å². The van der Waals surface area contributed by atoms with E-state index in [0.29, 0.717) is 22.1 Å². The number of pyridine rings is 1. The zero-order valence-corrected chi connectivity index (χ0v) is 12.6. The molecule has 3 nitrogen and oxygen atoms in total. The first-order valence-electron chi connectivity index (χ1n) is 5.75. The second kappa shape index (κ2) is 5.31. The lowest BCUT2D eigenvalue weighted by Crippen LogP contribution is -2.06. The Hall–Kier alpha value is -1.60. The standard InChI is InChI=1S/C13H6BrClF3N3/c14-6-1-10-13(19-5-6)21(11(4-15)20-10)12-8(17)2-7(16)3-9(12)18/h1-3,5H,4H2. The molecule has 8 heteroatoms. The van der Waals surface area contributed by atoms with Crippen LogP contribution in [0.2, 0.25) is 0 Å². The summed E-state index contributed by atoms with van der Waals surface area (Å²) in [5.74, 6) is -2.97. The third-order valence-corrected chi connectivity index (χ3v) is 3.53. The van der Waals surface area contributed by atoms with Crippen molar-refractivity contribution in [1.29, 1.82) is 0 Å². The molecular formula is C13H6BrClF3N3. The number of rotatable bonds is 2. The van der Waals surface area contributed by atoms with Gasteiger partial charge in [-0.15, -0.1) is 11.6 Å². The van der Waals surface area contributed by atoms with Crippen molar-refractivity contribution in [1.82, 2.24) is 14.5 Å². The van der Waals surface area contributed by atoms with E-state index < -0.39 is 23.1 Å². The molecule has 108 valence electrons. The van der Waals surface area contributed by atoms with Gasteiger partial charge in [-0.2, -0.15) is 0 Å². The van der Waals surface area contributed by atoms with Crippen LogP contribution in [-0.4, -0.2) is 14.5 Å². The van der Waals surface area contributed by atoms with Crippen LogP contribution in [0.1, 0.15) is 5.82 Å². The van der Waals surface area contributed by atoms with Crippen molar-refractivity contribution in [3.63, 3.8) is 0 Å². The maximum Gasteiger partial charge on any atom is 0.164 e. The molecule has 2 heterocycles. The fourth-order valence-corrected chi connectivity index (χ4v) is 2.56. The molecule has 0 fully saturated rings. The van der Waals surface area contributed by atoms with Gasteiger partial charge in [0.1, 0.15) is 22.8 Å². The van der Waals surface area contributed by atoms with Crippen molar-refractivity contribution < 1.29 is 13.2 Å². The van der Waals surface area contributed by atoms with Crippen LogP contribution in [0.25, 0.3) is 16.9 Å². The predicted molar refractivity (Wildman–Crippen MR) is 76.0 cm³/mol. The van der Waals surface area contributed by atoms with Crippen LogP contribution < -0.4 is 0 Å². The maximum absolute atomic E-state index is 14.0. The number of halogens is 5. The number of imidazole rings is 1. The summed E-state index contributed by atoms with van der Waals surface area (Å²) in [7, 11) is 0. The SMILES string of the molecule is Fc1cc(F)c(-n2c(CCl)nc3cc(Br)cnc32)c(F)c1. The monoisotopic (exact) mass is 375 g/mol. The fraction of sp³-hybridized carbons (Fsp3) is 0.0769. The van der Waals surface area contributed by atoms with Gasteiger partial charge >= 0.3 is 0 Å². The molecule has 2 aromatic heterocycles. The average molecular weight is 377 g/mol. The lowest BCUT2D eigenvalue weighted by molar-refractivity contribution is 0.533. The number of hydrogen-bond donors (Lipinski definition) is 0. The van der Waals surface area contributed by atoms with Crippen molar-refractivity contribution >= 4 is 38.7 Å². The van der Waals surface area contributed by atoms with Gasteiger partial charge in [0.15, 0.2) is 17.3 Å². The van der Waals surface area contributed by atoms with Gasteiger partial charge in [0, 0.05) is 22.8 Å². The van der Waals surface area contributed by atoms with Gasteiger partial charge in [-0.3, -0.25) is 4.57 Å². The highest BCUT2D eigenvalue weighted by molar-refractivity contribution is 9.10. The first-order chi connectivity index (χ1) is 10.0. The minimum Gasteiger partial charge on any atom is -0.274 e. The molecule has 1 aromatic carbocycles. The van der Waals surface area contributed by atoms with Crippen molar-refractivity contribution in [3.05, 3.63) is 52.1 Å². The molecular weight excluding hydrogens is 371 g/mol. The smallest absolute Gasteiger partial charge is 0.164 e. The van der Waals surface area contributed by atoms with Gasteiger partial charge in [-0.05, 0) is 22.0 Å². The van der Waals surface area contributed by atoms with E-state index in [0.717, 1.165) is 4.57 Å². The summed E-state index contributed by atoms with van der Waals surface area (Å²) in [4.78, 5) is 8.28. The Balaban J connectivity index is 2.39. The van der Waals surface area contributed by atoms with E-state index in [9.17, 15) is 13.2 Å². The van der Waals surface area contributed by atoms with Crippen LogP contribution in [0.3, 0.4) is 0 Å². The Labute approximate surface area is 130 Å². The largest absolute Gasteiger partial charge is 0.274 e. The Morgan fingerprint density at radius 2 is 1.81 bits per heavy atom. The summed E-state index contributed by atoms with van der Waals surface area (Å²) < 4.78 is 42.8. The molecule has 0 saturated carbocycles. The molecule has 0 amide bonds. The number of alkyl halides is 1. The summed E-state index contributed by atoms with van der Waals surface area (Å²) >= 11 is 9.03. The molecule has 0 N–H and O–H groups in total. The number of nitrogens with zero attached hydrogens (tertiary/aromatic N) is 3. The summed E-state index contributed by atoms with van der Waals surface area (Å²) in [5, 5.41) is 0. The number of benzene rings is 1. The first-order valence-corrected chi connectivity index (χ1v) is 7.07. The maximum atomic E-state index is 14.0. The number of fused-ring (bicyclic) bond motifs is 1. The molecule has 0 radical (unpaired) electrons. The van der Waals surface area contributed by atoms with E-state index in [4.69, 9.17) is 11.6 Å². The highest BCUT2D eigenvalue weighted by Crippen LogP contribution is 2.27. The van der Waals surface area contributed by atoms with E-state index in [1.165, 1.54) is 6.20 Å². The molecule has 0 atom stereocenters. The molecule has 0 saturated heterocycles. The van der Waals surface area contributed by atoms with E-state index in [1.807, 2.05) is 0 Å². The third kappa shape index (κ3) is 2.40. The molecule has 0 bridgehead atoms. The fourth-order valence-electron chi connectivity index (χ4n) is 2.06. The van der Waals surface area contributed by atoms with E-state index in [1.54, 1.807) is 6.07 Å². The summed E-state index contributed by atoms with van der Waals surface area (Å²) in [6.45, 7) is 0. The highest BCUT2D eigenvalue weighted by Gasteiger charge is 2.20. The van der Waals surface area contributed by atoms with Crippen LogP contribution in [0.4, 0.5) is 13.2 Å². The van der Waals surface area contributed by atoms with Gasteiger partial charge in [0.25, 0.3) is 0 Å². The van der Waals surface area contributed by atoms with E-state index >= 15 is 0 Å². The minimum atomic E-state index is -1.05. The Kier molecular flexibility index (Phi) is 3.62. The molecule has 0 aliphatic carbocycles. The molecule has 0 aliphatic heterocycles. The van der Waals surface area contributed by atoms with Crippen LogP contribution in [0, 0.1) is 17.5 Å². The minimum absolute atomic E-state index is 0.0791. The summed E-state index contributed by atoms with van der Waals surface area (Å²) in [6.07, 6.45) is 1.47. The molecule has 3 rings (SSSR count). The Bertz CT molecular complexity index is 827. The summed E-state index contributed by atoms with van der Waals surface area (Å²) in [5.41, 5.74) is 0.200. The second-order valence-corrected chi connectivity index (χ2v) is 5.39. The van der Waals surface area contributed by atoms with Crippen LogP contribution in [-0.2, 0) is 5.88 Å². The van der Waals surface area contributed by atoms with E-state index in [-0.39, 0.29) is 17.4 Å².